The van der Waals surface area contributed by atoms with Crippen molar-refractivity contribution in [3.05, 3.63) is 50.2 Å². The van der Waals surface area contributed by atoms with E-state index in [0.29, 0.717) is 0 Å². The van der Waals surface area contributed by atoms with Gasteiger partial charge in [0.25, 0.3) is 5.91 Å². The molecule has 0 spiro atoms. The maximum absolute atomic E-state index is 12.3. The number of nitrogens with one attached hydrogen (secondary N) is 1. The Kier molecular flexibility index (Phi) is 3.76. The molecule has 2 aromatic rings. The van der Waals surface area contributed by atoms with E-state index < -0.39 is 0 Å². The zero-order valence-electron chi connectivity index (χ0n) is 12.0. The molecule has 1 heterocycles. The van der Waals surface area contributed by atoms with Crippen LogP contribution in [0.25, 0.3) is 0 Å². The molecule has 0 aliphatic heterocycles. The first-order chi connectivity index (χ1) is 8.88. The van der Waals surface area contributed by atoms with Crippen LogP contribution in [0, 0.1) is 34.6 Å². The van der Waals surface area contributed by atoms with E-state index >= 15 is 0 Å². The Labute approximate surface area is 118 Å². The quantitative estimate of drug-likeness (QED) is 0.855. The van der Waals surface area contributed by atoms with Gasteiger partial charge in [0.1, 0.15) is 0 Å². The molecule has 1 N–H and O–H groups in total. The average molecular weight is 273 g/mol. The first kappa shape index (κ1) is 13.8. The SMILES string of the molecule is Cc1cc(C)c(NC(=O)c2cc(C)c(C)s2)c(C)c1. The molecule has 1 amide bonds. The topological polar surface area (TPSA) is 29.1 Å². The second-order valence-electron chi connectivity index (χ2n) is 5.08. The highest BCUT2D eigenvalue weighted by Gasteiger charge is 2.13. The van der Waals surface area contributed by atoms with Crippen molar-refractivity contribution in [1.82, 2.24) is 0 Å². The van der Waals surface area contributed by atoms with Crippen LogP contribution in [0.5, 0.6) is 0 Å². The molecule has 0 saturated carbocycles. The number of amides is 1. The third-order valence-corrected chi connectivity index (χ3v) is 4.46. The molecule has 0 aliphatic carbocycles. The predicted molar refractivity (Wildman–Crippen MR) is 82.4 cm³/mol. The number of anilines is 1. The summed E-state index contributed by atoms with van der Waals surface area (Å²) in [6, 6.07) is 6.13. The summed E-state index contributed by atoms with van der Waals surface area (Å²) in [4.78, 5) is 14.2. The Balaban J connectivity index is 2.29. The summed E-state index contributed by atoms with van der Waals surface area (Å²) in [5.41, 5.74) is 5.54. The zero-order valence-corrected chi connectivity index (χ0v) is 12.9. The normalized spacial score (nSPS) is 10.6. The molecule has 2 nitrogen and oxygen atoms in total. The molecule has 100 valence electrons. The van der Waals surface area contributed by atoms with Gasteiger partial charge in [0.2, 0.25) is 0 Å². The number of carbonyl (C=O) groups is 1. The number of hydrogen-bond donors (Lipinski definition) is 1. The summed E-state index contributed by atoms with van der Waals surface area (Å²) in [6.45, 7) is 10.2. The van der Waals surface area contributed by atoms with E-state index in [9.17, 15) is 4.79 Å². The Bertz CT molecular complexity index is 598. The van der Waals surface area contributed by atoms with Crippen LogP contribution in [0.4, 0.5) is 5.69 Å². The fourth-order valence-electron chi connectivity index (χ4n) is 2.24. The largest absolute Gasteiger partial charge is 0.321 e. The van der Waals surface area contributed by atoms with Gasteiger partial charge in [0.05, 0.1) is 4.88 Å². The Morgan fingerprint density at radius 1 is 0.947 bits per heavy atom. The van der Waals surface area contributed by atoms with E-state index in [-0.39, 0.29) is 5.91 Å². The van der Waals surface area contributed by atoms with Crippen molar-refractivity contribution in [3.63, 3.8) is 0 Å². The monoisotopic (exact) mass is 273 g/mol. The second-order valence-corrected chi connectivity index (χ2v) is 6.33. The Morgan fingerprint density at radius 2 is 1.53 bits per heavy atom. The number of hydrogen-bond acceptors (Lipinski definition) is 2. The lowest BCUT2D eigenvalue weighted by molar-refractivity contribution is 0.103. The van der Waals surface area contributed by atoms with Crippen molar-refractivity contribution < 1.29 is 4.79 Å². The van der Waals surface area contributed by atoms with Gasteiger partial charge in [0.15, 0.2) is 0 Å². The predicted octanol–water partition coefficient (Wildman–Crippen LogP) is 4.54. The lowest BCUT2D eigenvalue weighted by atomic mass is 10.1. The number of aryl methyl sites for hydroxylation is 5. The summed E-state index contributed by atoms with van der Waals surface area (Å²) < 4.78 is 0. The summed E-state index contributed by atoms with van der Waals surface area (Å²) in [6.07, 6.45) is 0. The molecule has 0 unspecified atom stereocenters. The van der Waals surface area contributed by atoms with Gasteiger partial charge in [-0.05, 0) is 57.4 Å². The highest BCUT2D eigenvalue weighted by Crippen LogP contribution is 2.25. The van der Waals surface area contributed by atoms with Crippen LogP contribution in [0.3, 0.4) is 0 Å². The van der Waals surface area contributed by atoms with Crippen molar-refractivity contribution in [3.8, 4) is 0 Å². The number of benzene rings is 1. The summed E-state index contributed by atoms with van der Waals surface area (Å²) in [7, 11) is 0. The van der Waals surface area contributed by atoms with E-state index in [1.165, 1.54) is 16.0 Å². The molecule has 0 aliphatic rings. The third kappa shape index (κ3) is 2.87. The van der Waals surface area contributed by atoms with Crippen molar-refractivity contribution >= 4 is 22.9 Å². The molecule has 19 heavy (non-hydrogen) atoms. The third-order valence-electron chi connectivity index (χ3n) is 3.31. The van der Waals surface area contributed by atoms with E-state index in [4.69, 9.17) is 0 Å². The minimum Gasteiger partial charge on any atom is -0.321 e. The first-order valence-corrected chi connectivity index (χ1v) is 7.16. The highest BCUT2D eigenvalue weighted by molar-refractivity contribution is 7.14. The molecule has 0 radical (unpaired) electrons. The van der Waals surface area contributed by atoms with Crippen LogP contribution < -0.4 is 5.32 Å². The molecular formula is C16H19NOS. The van der Waals surface area contributed by atoms with Crippen LogP contribution in [0.2, 0.25) is 0 Å². The van der Waals surface area contributed by atoms with Crippen LogP contribution >= 0.6 is 11.3 Å². The van der Waals surface area contributed by atoms with E-state index in [1.54, 1.807) is 11.3 Å². The van der Waals surface area contributed by atoms with Gasteiger partial charge in [-0.25, -0.2) is 0 Å². The van der Waals surface area contributed by atoms with Gasteiger partial charge < -0.3 is 5.32 Å². The van der Waals surface area contributed by atoms with E-state index in [2.05, 4.69) is 24.4 Å². The average Bonchev–Trinajstić information content (AvgIpc) is 2.64. The lowest BCUT2D eigenvalue weighted by Crippen LogP contribution is -2.12. The number of rotatable bonds is 2. The van der Waals surface area contributed by atoms with Crippen LogP contribution in [0.1, 0.15) is 36.8 Å². The maximum Gasteiger partial charge on any atom is 0.265 e. The molecular weight excluding hydrogens is 254 g/mol. The highest BCUT2D eigenvalue weighted by atomic mass is 32.1. The molecule has 0 fully saturated rings. The smallest absolute Gasteiger partial charge is 0.265 e. The molecule has 1 aromatic heterocycles. The minimum atomic E-state index is -0.0174. The van der Waals surface area contributed by atoms with Gasteiger partial charge in [0, 0.05) is 10.6 Å². The summed E-state index contributed by atoms with van der Waals surface area (Å²) in [5, 5.41) is 3.03. The van der Waals surface area contributed by atoms with Gasteiger partial charge in [-0.3, -0.25) is 4.79 Å². The second kappa shape index (κ2) is 5.17. The molecule has 0 bridgehead atoms. The summed E-state index contributed by atoms with van der Waals surface area (Å²) >= 11 is 1.54. The van der Waals surface area contributed by atoms with Gasteiger partial charge in [-0.15, -0.1) is 11.3 Å². The number of thiophene rings is 1. The van der Waals surface area contributed by atoms with Gasteiger partial charge >= 0.3 is 0 Å². The number of carbonyl (C=O) groups excluding carboxylic acids is 1. The fourth-order valence-corrected chi connectivity index (χ4v) is 3.17. The minimum absolute atomic E-state index is 0.0174. The van der Waals surface area contributed by atoms with Crippen molar-refractivity contribution in [2.75, 3.05) is 5.32 Å². The molecule has 0 atom stereocenters. The van der Waals surface area contributed by atoms with Crippen molar-refractivity contribution in [2.24, 2.45) is 0 Å². The van der Waals surface area contributed by atoms with Gasteiger partial charge in [-0.1, -0.05) is 17.7 Å². The Morgan fingerprint density at radius 3 is 2.00 bits per heavy atom. The maximum atomic E-state index is 12.3. The first-order valence-electron chi connectivity index (χ1n) is 6.34. The van der Waals surface area contributed by atoms with E-state index in [1.807, 2.05) is 33.8 Å². The van der Waals surface area contributed by atoms with Crippen LogP contribution in [-0.4, -0.2) is 5.91 Å². The van der Waals surface area contributed by atoms with Gasteiger partial charge in [-0.2, -0.15) is 0 Å². The Hall–Kier alpha value is -1.61. The van der Waals surface area contributed by atoms with Crippen molar-refractivity contribution in [1.29, 1.82) is 0 Å². The van der Waals surface area contributed by atoms with Crippen LogP contribution in [0.15, 0.2) is 18.2 Å². The molecule has 0 saturated heterocycles. The zero-order chi connectivity index (χ0) is 14.2. The van der Waals surface area contributed by atoms with Crippen LogP contribution in [-0.2, 0) is 0 Å². The lowest BCUT2D eigenvalue weighted by Gasteiger charge is -2.12. The summed E-state index contributed by atoms with van der Waals surface area (Å²) in [5.74, 6) is -0.0174. The molecule has 2 rings (SSSR count). The molecule has 1 aromatic carbocycles. The van der Waals surface area contributed by atoms with E-state index in [0.717, 1.165) is 21.7 Å². The van der Waals surface area contributed by atoms with Crippen molar-refractivity contribution in [2.45, 2.75) is 34.6 Å². The standard InChI is InChI=1S/C16H19NOS/c1-9-6-11(3)15(12(4)7-9)17-16(18)14-8-10(2)13(5)19-14/h6-8H,1-5H3,(H,17,18). The fraction of sp³-hybridized carbons (Fsp3) is 0.312. The molecule has 3 heteroatoms.